The van der Waals surface area contributed by atoms with E-state index in [1.54, 1.807) is 10.4 Å². The van der Waals surface area contributed by atoms with Crippen LogP contribution in [0.4, 0.5) is 11.4 Å². The number of para-hydroxylation sites is 2. The van der Waals surface area contributed by atoms with Gasteiger partial charge in [0.25, 0.3) is 0 Å². The van der Waals surface area contributed by atoms with E-state index in [4.69, 9.17) is 0 Å². The Kier molecular flexibility index (Phi) is 8.68. The van der Waals surface area contributed by atoms with Gasteiger partial charge in [-0.15, -0.1) is 0 Å². The first-order valence-electron chi connectivity index (χ1n) is 11.9. The Balaban J connectivity index is 0.00000120. The number of halogens is 2. The van der Waals surface area contributed by atoms with Gasteiger partial charge < -0.3 is 34.6 Å². The van der Waals surface area contributed by atoms with Crippen LogP contribution in [0.15, 0.2) is 129 Å². The Morgan fingerprint density at radius 1 is 0.611 bits per heavy atom. The standard InChI is InChI=1S/C30H30N2Si.2ClH.Zr/c1-21-19-23-15-17-31(25-11-7-5-8-12-25)27(23)29(21)33(3,4)30-22(2)20-24-16-18-32(28(24)30)26-13-9-6-10-14-26;;;/h5-16,19-20H,17-18H2,1-4H3;2*1H;/q;;;+2/p-2. The van der Waals surface area contributed by atoms with Crippen molar-refractivity contribution in [2.45, 2.75) is 26.9 Å². The van der Waals surface area contributed by atoms with E-state index < -0.39 is 8.07 Å². The van der Waals surface area contributed by atoms with Gasteiger partial charge in [-0.05, 0) is 70.8 Å². The maximum Gasteiger partial charge on any atom is 2.00 e. The molecule has 2 aliphatic carbocycles. The average Bonchev–Trinajstić information content (AvgIpc) is 3.54. The summed E-state index contributed by atoms with van der Waals surface area (Å²) in [7, 11) is -2.03. The Bertz CT molecular complexity index is 1250. The molecule has 0 saturated heterocycles. The molecular weight excluding hydrogens is 579 g/mol. The van der Waals surface area contributed by atoms with Crippen LogP contribution in [0.2, 0.25) is 13.1 Å². The smallest absolute Gasteiger partial charge is 1.00 e. The van der Waals surface area contributed by atoms with Gasteiger partial charge in [-0.1, -0.05) is 73.8 Å². The second-order valence-electron chi connectivity index (χ2n) is 9.94. The zero-order valence-electron chi connectivity index (χ0n) is 21.1. The largest absolute Gasteiger partial charge is 2.00 e. The first-order chi connectivity index (χ1) is 16.0. The van der Waals surface area contributed by atoms with Crippen LogP contribution in [0.1, 0.15) is 13.8 Å². The van der Waals surface area contributed by atoms with Gasteiger partial charge in [-0.25, -0.2) is 0 Å². The molecule has 6 heteroatoms. The maximum absolute atomic E-state index is 2.56. The van der Waals surface area contributed by atoms with Crippen LogP contribution in [0.25, 0.3) is 0 Å². The number of rotatable bonds is 4. The summed E-state index contributed by atoms with van der Waals surface area (Å²) in [6.45, 7) is 11.7. The number of anilines is 2. The van der Waals surface area contributed by atoms with E-state index in [0.29, 0.717) is 0 Å². The second kappa shape index (κ2) is 10.9. The molecule has 0 bridgehead atoms. The third-order valence-electron chi connectivity index (χ3n) is 7.47. The van der Waals surface area contributed by atoms with E-state index in [2.05, 4.69) is 122 Å². The van der Waals surface area contributed by atoms with Gasteiger partial charge in [-0.3, -0.25) is 0 Å². The van der Waals surface area contributed by atoms with Crippen molar-refractivity contribution >= 4 is 19.4 Å². The van der Waals surface area contributed by atoms with E-state index in [0.717, 1.165) is 13.1 Å². The topological polar surface area (TPSA) is 6.48 Å². The first kappa shape index (κ1) is 28.7. The van der Waals surface area contributed by atoms with Crippen molar-refractivity contribution in [1.82, 2.24) is 0 Å². The van der Waals surface area contributed by atoms with Gasteiger partial charge in [0.15, 0.2) is 0 Å². The van der Waals surface area contributed by atoms with Crippen molar-refractivity contribution in [2.24, 2.45) is 0 Å². The quantitative estimate of drug-likeness (QED) is 0.480. The average molecular weight is 609 g/mol. The molecule has 0 fully saturated rings. The summed E-state index contributed by atoms with van der Waals surface area (Å²) in [5, 5.41) is 3.18. The summed E-state index contributed by atoms with van der Waals surface area (Å²) in [6, 6.07) is 21.7. The van der Waals surface area contributed by atoms with Gasteiger partial charge >= 0.3 is 26.2 Å². The molecule has 0 amide bonds. The van der Waals surface area contributed by atoms with E-state index >= 15 is 0 Å². The van der Waals surface area contributed by atoms with Gasteiger partial charge in [0.2, 0.25) is 0 Å². The molecule has 2 aliphatic heterocycles. The number of hydrogen-bond donors (Lipinski definition) is 0. The summed E-state index contributed by atoms with van der Waals surface area (Å²) < 4.78 is 0. The first-order valence-corrected chi connectivity index (χ1v) is 14.9. The Labute approximate surface area is 247 Å². The fraction of sp³-hybridized carbons (Fsp3) is 0.200. The van der Waals surface area contributed by atoms with Crippen LogP contribution in [0.5, 0.6) is 0 Å². The zero-order valence-corrected chi connectivity index (χ0v) is 26.1. The van der Waals surface area contributed by atoms with E-state index in [1.807, 2.05) is 0 Å². The molecule has 0 aromatic heterocycles. The molecular formula is C30H30Cl2N2SiZr. The van der Waals surface area contributed by atoms with E-state index in [1.165, 1.54) is 45.1 Å². The Morgan fingerprint density at radius 3 is 1.33 bits per heavy atom. The van der Waals surface area contributed by atoms with Crippen LogP contribution in [-0.2, 0) is 26.2 Å². The zero-order chi connectivity index (χ0) is 22.7. The van der Waals surface area contributed by atoms with E-state index in [9.17, 15) is 0 Å². The predicted molar refractivity (Wildman–Crippen MR) is 143 cm³/mol. The minimum atomic E-state index is -2.03. The van der Waals surface area contributed by atoms with Crippen LogP contribution in [0, 0.1) is 0 Å². The molecule has 0 spiro atoms. The summed E-state index contributed by atoms with van der Waals surface area (Å²) in [4.78, 5) is 5.04. The number of nitrogens with zero attached hydrogens (tertiary/aromatic N) is 2. The molecule has 0 atom stereocenters. The maximum atomic E-state index is 2.56. The van der Waals surface area contributed by atoms with Crippen molar-refractivity contribution in [3.8, 4) is 0 Å². The molecule has 0 saturated carbocycles. The van der Waals surface area contributed by atoms with Crippen molar-refractivity contribution in [3.05, 3.63) is 129 Å². The number of fused-ring (bicyclic) bond motifs is 2. The van der Waals surface area contributed by atoms with Crippen molar-refractivity contribution in [1.29, 1.82) is 0 Å². The molecule has 6 rings (SSSR count). The van der Waals surface area contributed by atoms with Crippen LogP contribution < -0.4 is 34.6 Å². The SMILES string of the molecule is CC1=CC2=CCN(c3ccccc3)C2=C1[Si](C)(C)C1=C2C(=CCN2c2ccccc2)C=C1C.[Cl-].[Cl-].[Zr+2]. The molecule has 2 nitrogen and oxygen atoms in total. The van der Waals surface area contributed by atoms with Gasteiger partial charge in [0, 0.05) is 35.9 Å². The molecule has 0 N–H and O–H groups in total. The molecule has 2 aromatic rings. The Morgan fingerprint density at radius 2 is 0.972 bits per heavy atom. The summed E-state index contributed by atoms with van der Waals surface area (Å²) in [6.07, 6.45) is 9.63. The molecule has 0 unspecified atom stereocenters. The summed E-state index contributed by atoms with van der Waals surface area (Å²) in [5.74, 6) is 0. The monoisotopic (exact) mass is 606 g/mol. The van der Waals surface area contributed by atoms with Gasteiger partial charge in [-0.2, -0.15) is 0 Å². The van der Waals surface area contributed by atoms with Gasteiger partial charge in [0.1, 0.15) is 8.07 Å². The molecule has 182 valence electrons. The van der Waals surface area contributed by atoms with Crippen molar-refractivity contribution < 1.29 is 51.0 Å². The normalized spacial score (nSPS) is 18.0. The van der Waals surface area contributed by atoms with Crippen LogP contribution in [-0.4, -0.2) is 21.2 Å². The van der Waals surface area contributed by atoms with Crippen molar-refractivity contribution in [2.75, 3.05) is 22.9 Å². The van der Waals surface area contributed by atoms with Crippen molar-refractivity contribution in [3.63, 3.8) is 0 Å². The third kappa shape index (κ3) is 4.41. The minimum Gasteiger partial charge on any atom is -1.00 e. The molecule has 36 heavy (non-hydrogen) atoms. The molecule has 0 radical (unpaired) electrons. The summed E-state index contributed by atoms with van der Waals surface area (Å²) >= 11 is 0. The Hall–Kier alpha value is -1.84. The number of benzene rings is 2. The number of hydrogen-bond acceptors (Lipinski definition) is 2. The molecule has 2 heterocycles. The second-order valence-corrected chi connectivity index (χ2v) is 14.2. The summed E-state index contributed by atoms with van der Waals surface area (Å²) in [5.41, 5.74) is 11.1. The number of allylic oxidation sites excluding steroid dienone is 6. The van der Waals surface area contributed by atoms with Crippen LogP contribution in [0.3, 0.4) is 0 Å². The predicted octanol–water partition coefficient (Wildman–Crippen LogP) is 1.10. The van der Waals surface area contributed by atoms with Crippen LogP contribution >= 0.6 is 0 Å². The van der Waals surface area contributed by atoms with E-state index in [-0.39, 0.29) is 51.0 Å². The molecule has 4 aliphatic rings. The molecule has 2 aromatic carbocycles. The fourth-order valence-corrected chi connectivity index (χ4v) is 10.4. The minimum absolute atomic E-state index is 0. The third-order valence-corrected chi connectivity index (χ3v) is 11.2. The fourth-order valence-electron chi connectivity index (χ4n) is 6.25. The van der Waals surface area contributed by atoms with Gasteiger partial charge in [0.05, 0.1) is 0 Å².